The van der Waals surface area contributed by atoms with Crippen LogP contribution in [0.15, 0.2) is 0 Å². The zero-order valence-corrected chi connectivity index (χ0v) is 7.26. The van der Waals surface area contributed by atoms with Gasteiger partial charge in [-0.3, -0.25) is 0 Å². The van der Waals surface area contributed by atoms with E-state index in [9.17, 15) is 30.5 Å². The number of halogens is 9. The van der Waals surface area contributed by atoms with Gasteiger partial charge in [0.2, 0.25) is 0 Å². The van der Waals surface area contributed by atoms with Gasteiger partial charge in [0, 0.05) is 0 Å². The van der Waals surface area contributed by atoms with Gasteiger partial charge in [0.25, 0.3) is 0 Å². The molecule has 0 spiro atoms. The molecule has 0 unspecified atom stereocenters. The topological polar surface area (TPSA) is 0 Å². The van der Waals surface area contributed by atoms with Crippen LogP contribution in [0, 0.1) is 0 Å². The fourth-order valence-electron chi connectivity index (χ4n) is 0.144. The molecule has 0 saturated heterocycles. The van der Waals surface area contributed by atoms with E-state index >= 15 is 0 Å². The first-order valence-electron chi connectivity index (χ1n) is 2.09. The molecule has 0 aliphatic heterocycles. The Morgan fingerprint density at radius 1 is 0.750 bits per heavy atom. The number of hydrogen-bond donors (Lipinski definition) is 0. The molecule has 10 heteroatoms. The second kappa shape index (κ2) is 2.51. The predicted molar refractivity (Wildman–Crippen MR) is 31.8 cm³/mol. The minimum absolute atomic E-state index is 3.72. The Morgan fingerprint density at radius 3 is 0.917 bits per heavy atom. The minimum atomic E-state index is -8.13. The van der Waals surface area contributed by atoms with Crippen molar-refractivity contribution in [2.75, 3.05) is 0 Å². The van der Waals surface area contributed by atoms with Crippen LogP contribution in [-0.4, -0.2) is 11.8 Å². The molecule has 76 valence electrons. The van der Waals surface area contributed by atoms with Crippen molar-refractivity contribution in [3.63, 3.8) is 0 Å². The first kappa shape index (κ1) is 12.5. The molecule has 0 aromatic heterocycles. The molecule has 0 radical (unpaired) electrons. The molecular weight excluding hydrogens is 259 g/mol. The quantitative estimate of drug-likeness (QED) is 0.434. The molecule has 0 aromatic carbocycles. The standard InChI is InChI=1S/C2Cl2F7P/c3-12(4,11,1(5,6)7)2(8,9)10. The predicted octanol–water partition coefficient (Wildman–Crippen LogP) is 4.77. The second-order valence-electron chi connectivity index (χ2n) is 1.75. The van der Waals surface area contributed by atoms with Gasteiger partial charge in [-0.05, 0) is 0 Å². The van der Waals surface area contributed by atoms with E-state index in [1.807, 2.05) is 0 Å². The molecule has 0 atom stereocenters. The number of hydrogen-bond acceptors (Lipinski definition) is 0. The Kier molecular flexibility index (Phi) is 2.62. The van der Waals surface area contributed by atoms with Crippen LogP contribution < -0.4 is 0 Å². The average molecular weight is 259 g/mol. The zero-order chi connectivity index (χ0) is 10.4. The van der Waals surface area contributed by atoms with Crippen LogP contribution >= 0.6 is 28.1 Å². The zero-order valence-electron chi connectivity index (χ0n) is 4.85. The van der Waals surface area contributed by atoms with Gasteiger partial charge in [0.15, 0.2) is 0 Å². The molecule has 0 heterocycles. The maximum atomic E-state index is 12.2. The van der Waals surface area contributed by atoms with Crippen molar-refractivity contribution in [3.8, 4) is 0 Å². The van der Waals surface area contributed by atoms with E-state index < -0.39 is 17.5 Å². The van der Waals surface area contributed by atoms with Crippen molar-refractivity contribution in [1.82, 2.24) is 0 Å². The first-order chi connectivity index (χ1) is 4.79. The van der Waals surface area contributed by atoms with Crippen molar-refractivity contribution in [3.05, 3.63) is 0 Å². The Morgan fingerprint density at radius 2 is 0.917 bits per heavy atom. The van der Waals surface area contributed by atoms with Crippen LogP contribution in [0.1, 0.15) is 0 Å². The van der Waals surface area contributed by atoms with Gasteiger partial charge in [-0.1, -0.05) is 0 Å². The Bertz CT molecular complexity index is 164. The monoisotopic (exact) mass is 258 g/mol. The van der Waals surface area contributed by atoms with Crippen molar-refractivity contribution in [2.24, 2.45) is 0 Å². The van der Waals surface area contributed by atoms with Crippen LogP contribution in [0.5, 0.6) is 0 Å². The Hall–Kier alpha value is 0.520. The van der Waals surface area contributed by atoms with Crippen molar-refractivity contribution < 1.29 is 30.5 Å². The molecule has 0 aliphatic rings. The Balaban J connectivity index is 5.29. The molecule has 0 bridgehead atoms. The van der Waals surface area contributed by atoms with Crippen LogP contribution in [0.25, 0.3) is 0 Å². The van der Waals surface area contributed by atoms with Gasteiger partial charge in [-0.15, -0.1) is 0 Å². The summed E-state index contributed by atoms with van der Waals surface area (Å²) < 4.78 is 80.7. The van der Waals surface area contributed by atoms with E-state index in [1.165, 1.54) is 0 Å². The second-order valence-corrected chi connectivity index (χ2v) is 8.71. The molecule has 0 aromatic rings. The summed E-state index contributed by atoms with van der Waals surface area (Å²) in [6, 6.07) is 0. The van der Waals surface area contributed by atoms with E-state index in [2.05, 4.69) is 22.5 Å². The molecule has 0 nitrogen and oxygen atoms in total. The molecule has 0 saturated carbocycles. The van der Waals surface area contributed by atoms with Gasteiger partial charge in [-0.25, -0.2) is 0 Å². The summed E-state index contributed by atoms with van der Waals surface area (Å²) in [5.74, 6) is -12.6. The summed E-state index contributed by atoms with van der Waals surface area (Å²) in [5, 5.41) is 0. The van der Waals surface area contributed by atoms with Crippen LogP contribution in [-0.2, 0) is 0 Å². The van der Waals surface area contributed by atoms with E-state index in [1.54, 1.807) is 0 Å². The molecule has 0 aliphatic carbocycles. The summed E-state index contributed by atoms with van der Waals surface area (Å²) in [5.41, 5.74) is -8.13. The third-order valence-electron chi connectivity index (χ3n) is 0.829. The van der Waals surface area contributed by atoms with Crippen LogP contribution in [0.2, 0.25) is 0 Å². The van der Waals surface area contributed by atoms with E-state index in [0.29, 0.717) is 0 Å². The number of rotatable bonds is 0. The third-order valence-corrected chi connectivity index (χ3v) is 4.79. The third kappa shape index (κ3) is 1.59. The molecule has 0 rings (SSSR count). The van der Waals surface area contributed by atoms with Gasteiger partial charge in [0.1, 0.15) is 0 Å². The van der Waals surface area contributed by atoms with Gasteiger partial charge in [-0.2, -0.15) is 0 Å². The number of alkyl halides is 6. The maximum absolute atomic E-state index is 12.2. The van der Waals surface area contributed by atoms with Crippen LogP contribution in [0.4, 0.5) is 30.5 Å². The average Bonchev–Trinajstić information content (AvgIpc) is 1.55. The Labute approximate surface area is 71.2 Å². The van der Waals surface area contributed by atoms with Crippen molar-refractivity contribution in [2.45, 2.75) is 11.8 Å². The summed E-state index contributed by atoms with van der Waals surface area (Å²) in [7, 11) is 0. The van der Waals surface area contributed by atoms with Gasteiger partial charge >= 0.3 is 70.5 Å². The first-order valence-corrected chi connectivity index (χ1v) is 6.03. The van der Waals surface area contributed by atoms with E-state index in [0.717, 1.165) is 0 Å². The van der Waals surface area contributed by atoms with E-state index in [-0.39, 0.29) is 0 Å². The molecular formula is C2Cl2F7P. The van der Waals surface area contributed by atoms with Crippen molar-refractivity contribution in [1.29, 1.82) is 0 Å². The normalized spacial score (nSPS) is 18.6. The summed E-state index contributed by atoms with van der Waals surface area (Å²) in [4.78, 5) is 0. The summed E-state index contributed by atoms with van der Waals surface area (Å²) in [6.07, 6.45) is 0. The van der Waals surface area contributed by atoms with Gasteiger partial charge in [0.05, 0.1) is 0 Å². The van der Waals surface area contributed by atoms with Crippen LogP contribution in [0.3, 0.4) is 0 Å². The fourth-order valence-corrected chi connectivity index (χ4v) is 0.431. The SMILES string of the molecule is FC(F)(F)P(F)(Cl)(Cl)C(F)(F)F. The fraction of sp³-hybridized carbons (Fsp3) is 1.00. The summed E-state index contributed by atoms with van der Waals surface area (Å²) in [6.45, 7) is 0. The molecule has 12 heavy (non-hydrogen) atoms. The van der Waals surface area contributed by atoms with E-state index in [4.69, 9.17) is 0 Å². The van der Waals surface area contributed by atoms with Crippen molar-refractivity contribution >= 4 is 28.1 Å². The molecule has 0 N–H and O–H groups in total. The molecule has 0 fully saturated rings. The summed E-state index contributed by atoms with van der Waals surface area (Å²) >= 11 is 7.45. The van der Waals surface area contributed by atoms with Gasteiger partial charge < -0.3 is 0 Å². The molecule has 0 amide bonds.